The van der Waals surface area contributed by atoms with Crippen molar-refractivity contribution in [2.45, 2.75) is 31.7 Å². The van der Waals surface area contributed by atoms with Crippen LogP contribution in [0.15, 0.2) is 40.8 Å². The van der Waals surface area contributed by atoms with Crippen LogP contribution in [0.2, 0.25) is 5.02 Å². The van der Waals surface area contributed by atoms with Gasteiger partial charge in [0.25, 0.3) is 5.91 Å². The van der Waals surface area contributed by atoms with E-state index >= 15 is 0 Å². The number of halogens is 1. The standard InChI is InChI=1S/C20H23ClN2O2/c21-17-8-2-1-7-16(17)18-9-10-19(25-18)20(24)23-13-5-6-15(23)14-22-11-3-4-12-22/h1-2,7-10,15H,3-6,11-14H2/t15-/m0/s1. The van der Waals surface area contributed by atoms with Gasteiger partial charge in [0.15, 0.2) is 5.76 Å². The molecule has 2 fully saturated rings. The first-order valence-electron chi connectivity index (χ1n) is 9.10. The van der Waals surface area contributed by atoms with E-state index in [0.29, 0.717) is 22.6 Å². The Morgan fingerprint density at radius 2 is 1.88 bits per heavy atom. The second kappa shape index (κ2) is 7.22. The van der Waals surface area contributed by atoms with E-state index in [1.54, 1.807) is 6.07 Å². The van der Waals surface area contributed by atoms with Crippen LogP contribution in [0.25, 0.3) is 11.3 Å². The van der Waals surface area contributed by atoms with Gasteiger partial charge >= 0.3 is 0 Å². The first-order valence-corrected chi connectivity index (χ1v) is 9.48. The molecule has 2 aliphatic rings. The summed E-state index contributed by atoms with van der Waals surface area (Å²) in [5.74, 6) is 1.05. The van der Waals surface area contributed by atoms with Gasteiger partial charge in [-0.2, -0.15) is 0 Å². The number of furan rings is 1. The Bertz CT molecular complexity index is 752. The molecule has 25 heavy (non-hydrogen) atoms. The number of rotatable bonds is 4. The zero-order valence-corrected chi connectivity index (χ0v) is 15.0. The normalized spacial score (nSPS) is 21.2. The smallest absolute Gasteiger partial charge is 0.289 e. The van der Waals surface area contributed by atoms with Crippen LogP contribution in [0, 0.1) is 0 Å². The van der Waals surface area contributed by atoms with E-state index in [-0.39, 0.29) is 5.91 Å². The molecule has 0 saturated carbocycles. The highest BCUT2D eigenvalue weighted by Crippen LogP contribution is 2.30. The maximum absolute atomic E-state index is 12.9. The first-order chi connectivity index (χ1) is 12.2. The fraction of sp³-hybridized carbons (Fsp3) is 0.450. The van der Waals surface area contributed by atoms with Gasteiger partial charge in [-0.05, 0) is 63.0 Å². The van der Waals surface area contributed by atoms with E-state index in [9.17, 15) is 4.79 Å². The molecule has 5 heteroatoms. The van der Waals surface area contributed by atoms with Crippen molar-refractivity contribution in [3.05, 3.63) is 47.2 Å². The van der Waals surface area contributed by atoms with E-state index in [4.69, 9.17) is 16.0 Å². The van der Waals surface area contributed by atoms with Crippen molar-refractivity contribution >= 4 is 17.5 Å². The number of hydrogen-bond acceptors (Lipinski definition) is 3. The van der Waals surface area contributed by atoms with Crippen molar-refractivity contribution < 1.29 is 9.21 Å². The van der Waals surface area contributed by atoms with Crippen LogP contribution >= 0.6 is 11.6 Å². The van der Waals surface area contributed by atoms with Crippen LogP contribution in [0.3, 0.4) is 0 Å². The monoisotopic (exact) mass is 358 g/mol. The van der Waals surface area contributed by atoms with E-state index in [1.165, 1.54) is 12.8 Å². The van der Waals surface area contributed by atoms with Crippen LogP contribution < -0.4 is 0 Å². The summed E-state index contributed by atoms with van der Waals surface area (Å²) >= 11 is 6.23. The molecule has 0 unspecified atom stereocenters. The zero-order chi connectivity index (χ0) is 17.2. The topological polar surface area (TPSA) is 36.7 Å². The lowest BCUT2D eigenvalue weighted by molar-refractivity contribution is 0.0677. The van der Waals surface area contributed by atoms with Crippen molar-refractivity contribution in [2.75, 3.05) is 26.2 Å². The molecular weight excluding hydrogens is 336 g/mol. The third-order valence-corrected chi connectivity index (χ3v) is 5.59. The lowest BCUT2D eigenvalue weighted by atomic mass is 10.2. The molecule has 1 aromatic heterocycles. The average Bonchev–Trinajstić information content (AvgIpc) is 3.37. The largest absolute Gasteiger partial charge is 0.451 e. The van der Waals surface area contributed by atoms with Gasteiger partial charge in [-0.3, -0.25) is 4.79 Å². The predicted octanol–water partition coefficient (Wildman–Crippen LogP) is 4.30. The van der Waals surface area contributed by atoms with E-state index in [1.807, 2.05) is 35.2 Å². The summed E-state index contributed by atoms with van der Waals surface area (Å²) in [4.78, 5) is 17.4. The molecule has 3 heterocycles. The molecule has 0 bridgehead atoms. The summed E-state index contributed by atoms with van der Waals surface area (Å²) < 4.78 is 5.85. The van der Waals surface area contributed by atoms with Gasteiger partial charge in [-0.25, -0.2) is 0 Å². The van der Waals surface area contributed by atoms with Crippen LogP contribution in [0.4, 0.5) is 0 Å². The minimum absolute atomic E-state index is 0.000000472. The Kier molecular flexibility index (Phi) is 4.82. The van der Waals surface area contributed by atoms with Crippen LogP contribution in [0.5, 0.6) is 0 Å². The molecule has 4 rings (SSSR count). The molecule has 1 amide bonds. The summed E-state index contributed by atoms with van der Waals surface area (Å²) in [5, 5.41) is 0.629. The van der Waals surface area contributed by atoms with Gasteiger partial charge in [0.05, 0.1) is 5.02 Å². The van der Waals surface area contributed by atoms with Gasteiger partial charge in [0.2, 0.25) is 0 Å². The molecule has 132 valence electrons. The summed E-state index contributed by atoms with van der Waals surface area (Å²) in [6, 6.07) is 11.4. The number of benzene rings is 1. The van der Waals surface area contributed by atoms with Crippen LogP contribution in [-0.2, 0) is 0 Å². The molecule has 0 spiro atoms. The molecule has 4 nitrogen and oxygen atoms in total. The summed E-state index contributed by atoms with van der Waals surface area (Å²) in [5.41, 5.74) is 0.818. The number of nitrogens with zero attached hydrogens (tertiary/aromatic N) is 2. The summed E-state index contributed by atoms with van der Waals surface area (Å²) in [7, 11) is 0. The number of carbonyl (C=O) groups excluding carboxylic acids is 1. The van der Waals surface area contributed by atoms with Crippen molar-refractivity contribution in [2.24, 2.45) is 0 Å². The third-order valence-electron chi connectivity index (χ3n) is 5.26. The number of likely N-dealkylation sites (tertiary alicyclic amines) is 2. The SMILES string of the molecule is O=C(c1ccc(-c2ccccc2Cl)o1)N1CCC[C@H]1CN1CCCC1. The molecule has 0 N–H and O–H groups in total. The fourth-order valence-corrected chi connectivity index (χ4v) is 4.19. The predicted molar refractivity (Wildman–Crippen MR) is 98.9 cm³/mol. The lowest BCUT2D eigenvalue weighted by Crippen LogP contribution is -2.42. The molecule has 2 saturated heterocycles. The second-order valence-corrected chi connectivity index (χ2v) is 7.35. The summed E-state index contributed by atoms with van der Waals surface area (Å²) in [6.45, 7) is 4.13. The second-order valence-electron chi connectivity index (χ2n) is 6.95. The van der Waals surface area contributed by atoms with Gasteiger partial charge in [0.1, 0.15) is 5.76 Å². The van der Waals surface area contributed by atoms with Gasteiger partial charge in [0, 0.05) is 24.7 Å². The van der Waals surface area contributed by atoms with E-state index in [2.05, 4.69) is 4.90 Å². The quantitative estimate of drug-likeness (QED) is 0.817. The van der Waals surface area contributed by atoms with Gasteiger partial charge in [-0.15, -0.1) is 0 Å². The van der Waals surface area contributed by atoms with Crippen LogP contribution in [-0.4, -0.2) is 47.9 Å². The fourth-order valence-electron chi connectivity index (χ4n) is 3.96. The molecule has 1 atom stereocenters. The maximum Gasteiger partial charge on any atom is 0.289 e. The van der Waals surface area contributed by atoms with E-state index in [0.717, 1.165) is 44.6 Å². The minimum atomic E-state index is 0.000000472. The molecular formula is C20H23ClN2O2. The highest BCUT2D eigenvalue weighted by atomic mass is 35.5. The van der Waals surface area contributed by atoms with E-state index < -0.39 is 0 Å². The molecule has 0 radical (unpaired) electrons. The average molecular weight is 359 g/mol. The van der Waals surface area contributed by atoms with Crippen molar-refractivity contribution in [1.82, 2.24) is 9.80 Å². The Labute approximate surface area is 153 Å². The number of amides is 1. The lowest BCUT2D eigenvalue weighted by Gasteiger charge is -2.27. The third kappa shape index (κ3) is 3.46. The Hall–Kier alpha value is -1.78. The maximum atomic E-state index is 12.9. The summed E-state index contributed by atoms with van der Waals surface area (Å²) in [6.07, 6.45) is 4.71. The van der Waals surface area contributed by atoms with Crippen molar-refractivity contribution in [3.63, 3.8) is 0 Å². The number of hydrogen-bond donors (Lipinski definition) is 0. The zero-order valence-electron chi connectivity index (χ0n) is 14.3. The Balaban J connectivity index is 1.49. The number of carbonyl (C=O) groups is 1. The highest BCUT2D eigenvalue weighted by Gasteiger charge is 2.32. The Morgan fingerprint density at radius 1 is 1.08 bits per heavy atom. The minimum Gasteiger partial charge on any atom is -0.451 e. The first kappa shape index (κ1) is 16.7. The Morgan fingerprint density at radius 3 is 2.68 bits per heavy atom. The molecule has 0 aliphatic carbocycles. The van der Waals surface area contributed by atoms with Crippen molar-refractivity contribution in [3.8, 4) is 11.3 Å². The highest BCUT2D eigenvalue weighted by molar-refractivity contribution is 6.33. The molecule has 2 aliphatic heterocycles. The van der Waals surface area contributed by atoms with Crippen LogP contribution in [0.1, 0.15) is 36.2 Å². The van der Waals surface area contributed by atoms with Crippen molar-refractivity contribution in [1.29, 1.82) is 0 Å². The molecule has 1 aromatic carbocycles. The molecule has 2 aromatic rings. The van der Waals surface area contributed by atoms with Gasteiger partial charge < -0.3 is 14.2 Å². The van der Waals surface area contributed by atoms with Gasteiger partial charge in [-0.1, -0.05) is 23.7 Å².